The Morgan fingerprint density at radius 3 is 1.64 bits per heavy atom. The minimum Gasteiger partial charge on any atom is -0.459 e. The molecule has 1 heterocycles. The van der Waals surface area contributed by atoms with Crippen molar-refractivity contribution in [1.29, 1.82) is 0 Å². The lowest BCUT2D eigenvalue weighted by Gasteiger charge is -2.62. The monoisotopic (exact) mass is 1030 g/mol. The van der Waals surface area contributed by atoms with Gasteiger partial charge in [0, 0.05) is 17.3 Å². The third kappa shape index (κ3) is 10.0. The summed E-state index contributed by atoms with van der Waals surface area (Å²) >= 11 is 0. The SMILES string of the molecule is Cc1ccc(C(=O)OC[C@H]2O[C@@H](OCC(=O)[C@H]3[C@H](C)C[C@H]4[C@@H]5C[C@H](F)C6=CC(=O)C=C[C@]6(C)[C@@]5(F)[C@@H](O)C[C@@]43C)[C@H](OC(=O)c3ccc(C)cc3)[C@@H](OC(=O)c3ccc(C)cc3)[C@@H]2OC(=O)c2ccc(C)cc2)cc1. The fourth-order valence-corrected chi connectivity index (χ4v) is 12.6. The zero-order valence-corrected chi connectivity index (χ0v) is 43.0. The topological polar surface area (TPSA) is 178 Å². The number of aliphatic hydroxyl groups excluding tert-OH is 1. The number of allylic oxidation sites excluding steroid dienone is 4. The van der Waals surface area contributed by atoms with Gasteiger partial charge in [0.15, 0.2) is 41.8 Å². The van der Waals surface area contributed by atoms with Crippen LogP contribution >= 0.6 is 0 Å². The number of alkyl halides is 2. The summed E-state index contributed by atoms with van der Waals surface area (Å²) < 4.78 is 71.7. The Labute approximate surface area is 434 Å². The number of benzene rings is 4. The van der Waals surface area contributed by atoms with Crippen LogP contribution in [0.2, 0.25) is 0 Å². The summed E-state index contributed by atoms with van der Waals surface area (Å²) in [5, 5.41) is 12.0. The molecule has 0 radical (unpaired) electrons. The van der Waals surface area contributed by atoms with E-state index in [2.05, 4.69) is 0 Å². The van der Waals surface area contributed by atoms with Crippen LogP contribution in [0.5, 0.6) is 0 Å². The van der Waals surface area contributed by atoms with E-state index in [0.717, 1.165) is 28.3 Å². The van der Waals surface area contributed by atoms with Gasteiger partial charge in [-0.25, -0.2) is 28.0 Å². The first kappa shape index (κ1) is 53.2. The molecule has 1 aliphatic heterocycles. The van der Waals surface area contributed by atoms with E-state index in [0.29, 0.717) is 6.42 Å². The third-order valence-corrected chi connectivity index (χ3v) is 16.6. The Bertz CT molecular complexity index is 2920. The third-order valence-electron chi connectivity index (χ3n) is 16.6. The predicted octanol–water partition coefficient (Wildman–Crippen LogP) is 9.25. The number of aliphatic hydroxyl groups is 1. The first-order valence-corrected chi connectivity index (χ1v) is 25.4. The van der Waals surface area contributed by atoms with Crippen molar-refractivity contribution in [1.82, 2.24) is 0 Å². The van der Waals surface area contributed by atoms with Crippen molar-refractivity contribution >= 4 is 35.4 Å². The van der Waals surface area contributed by atoms with E-state index in [9.17, 15) is 33.9 Å². The molecular formula is C60H62F2O13. The van der Waals surface area contributed by atoms with Crippen LogP contribution in [0.4, 0.5) is 8.78 Å². The molecule has 4 aromatic carbocycles. The zero-order valence-electron chi connectivity index (χ0n) is 43.0. The minimum atomic E-state index is -2.36. The van der Waals surface area contributed by atoms with Gasteiger partial charge >= 0.3 is 23.9 Å². The summed E-state index contributed by atoms with van der Waals surface area (Å²) in [6.07, 6.45) is -8.19. The van der Waals surface area contributed by atoms with Crippen molar-refractivity contribution in [2.45, 2.75) is 116 Å². The van der Waals surface area contributed by atoms with Gasteiger partial charge < -0.3 is 33.5 Å². The quantitative estimate of drug-likeness (QED) is 0.0991. The van der Waals surface area contributed by atoms with E-state index < -0.39 is 132 Å². The lowest BCUT2D eigenvalue weighted by Crippen LogP contribution is -2.68. The Balaban J connectivity index is 1.07. The lowest BCUT2D eigenvalue weighted by molar-refractivity contribution is -0.297. The van der Waals surface area contributed by atoms with Crippen molar-refractivity contribution < 1.29 is 71.1 Å². The molecule has 3 saturated carbocycles. The lowest BCUT2D eigenvalue weighted by atomic mass is 9.45. The number of hydrogen-bond donors (Lipinski definition) is 1. The van der Waals surface area contributed by atoms with Gasteiger partial charge in [0.1, 0.15) is 25.5 Å². The maximum atomic E-state index is 18.0. The summed E-state index contributed by atoms with van der Waals surface area (Å²) in [6, 6.07) is 25.9. The summed E-state index contributed by atoms with van der Waals surface area (Å²) in [6.45, 7) is 11.2. The zero-order chi connectivity index (χ0) is 53.7. The first-order valence-electron chi connectivity index (χ1n) is 25.4. The molecule has 4 aromatic rings. The number of halogens is 2. The van der Waals surface area contributed by atoms with E-state index in [1.165, 1.54) is 55.5 Å². The second-order valence-electron chi connectivity index (χ2n) is 21.6. The number of rotatable bonds is 13. The van der Waals surface area contributed by atoms with Crippen LogP contribution in [0.15, 0.2) is 121 Å². The van der Waals surface area contributed by atoms with Crippen LogP contribution in [0.3, 0.4) is 0 Å². The standard InChI is InChI=1S/C60H62F2O13/c1-32-8-16-37(17-9-32)53(66)70-31-47-50(73-54(67)38-18-10-33(2)11-19-38)51(74-55(68)39-20-12-34(3)13-21-39)52(75-56(69)40-22-14-35(4)15-23-40)57(72-47)71-30-46(64)49-36(5)26-42-43-28-45(61)44-27-41(63)24-25-59(44,7)60(43,62)48(65)29-58(42,49)6/h8-25,27,36,42-43,45,47-52,57,65H,26,28-31H2,1-7H3/t36-,42+,43+,45+,47-,48+,49-,50-,51+,52-,57-,58+,59+,60+/m1/s1. The van der Waals surface area contributed by atoms with Gasteiger partial charge in [-0.05, 0) is 137 Å². The second-order valence-corrected chi connectivity index (χ2v) is 21.6. The molecule has 9 rings (SSSR count). The molecule has 0 aromatic heterocycles. The van der Waals surface area contributed by atoms with Crippen molar-refractivity contribution in [3.05, 3.63) is 165 Å². The average molecular weight is 1030 g/mol. The highest BCUT2D eigenvalue weighted by Gasteiger charge is 2.73. The fourth-order valence-electron chi connectivity index (χ4n) is 12.6. The maximum Gasteiger partial charge on any atom is 0.338 e. The van der Waals surface area contributed by atoms with Crippen molar-refractivity contribution in [3.8, 4) is 0 Å². The van der Waals surface area contributed by atoms with E-state index in [1.54, 1.807) is 60.7 Å². The van der Waals surface area contributed by atoms with Gasteiger partial charge in [-0.2, -0.15) is 0 Å². The summed E-state index contributed by atoms with van der Waals surface area (Å²) in [7, 11) is 0. The molecule has 4 fully saturated rings. The Kier molecular flexibility index (Phi) is 14.7. The molecule has 14 atom stereocenters. The molecule has 1 saturated heterocycles. The Hall–Kier alpha value is -6.68. The van der Waals surface area contributed by atoms with Crippen LogP contribution in [-0.2, 0) is 38.0 Å². The minimum absolute atomic E-state index is 0.00758. The summed E-state index contributed by atoms with van der Waals surface area (Å²) in [4.78, 5) is 83.7. The number of fused-ring (bicyclic) bond motifs is 5. The van der Waals surface area contributed by atoms with Gasteiger partial charge in [-0.3, -0.25) is 9.59 Å². The number of ketones is 2. The highest BCUT2D eigenvalue weighted by molar-refractivity contribution is 6.01. The van der Waals surface area contributed by atoms with Crippen LogP contribution < -0.4 is 0 Å². The van der Waals surface area contributed by atoms with E-state index in [-0.39, 0.29) is 40.7 Å². The van der Waals surface area contributed by atoms with Crippen LogP contribution in [0.25, 0.3) is 0 Å². The average Bonchev–Trinajstić information content (AvgIpc) is 3.69. The first-order chi connectivity index (χ1) is 35.6. The molecule has 4 aliphatic carbocycles. The molecular weight excluding hydrogens is 967 g/mol. The number of Topliss-reactive ketones (excluding diaryl/α,β-unsaturated/α-hetero) is 1. The van der Waals surface area contributed by atoms with Crippen molar-refractivity contribution in [3.63, 3.8) is 0 Å². The van der Waals surface area contributed by atoms with E-state index >= 15 is 8.78 Å². The smallest absolute Gasteiger partial charge is 0.338 e. The second kappa shape index (κ2) is 20.8. The molecule has 15 heteroatoms. The van der Waals surface area contributed by atoms with Gasteiger partial charge in [0.2, 0.25) is 0 Å². The number of ether oxygens (including phenoxy) is 6. The molecule has 0 amide bonds. The number of esters is 4. The maximum absolute atomic E-state index is 18.0. The molecule has 13 nitrogen and oxygen atoms in total. The van der Waals surface area contributed by atoms with E-state index in [4.69, 9.17) is 28.4 Å². The summed E-state index contributed by atoms with van der Waals surface area (Å²) in [5.41, 5.74) is -1.14. The van der Waals surface area contributed by atoms with Gasteiger partial charge in [0.05, 0.1) is 28.4 Å². The van der Waals surface area contributed by atoms with Gasteiger partial charge in [-0.15, -0.1) is 0 Å². The van der Waals surface area contributed by atoms with Crippen LogP contribution in [0.1, 0.15) is 104 Å². The molecule has 0 spiro atoms. The number of hydrogen-bond acceptors (Lipinski definition) is 13. The molecule has 0 unspecified atom stereocenters. The molecule has 1 N–H and O–H groups in total. The van der Waals surface area contributed by atoms with Crippen LogP contribution in [0, 0.1) is 62.2 Å². The highest BCUT2D eigenvalue weighted by atomic mass is 19.1. The number of aryl methyl sites for hydroxylation is 4. The Morgan fingerprint density at radius 2 is 1.13 bits per heavy atom. The number of carbonyl (C=O) groups excluding carboxylic acids is 6. The van der Waals surface area contributed by atoms with Gasteiger partial charge in [-0.1, -0.05) is 90.7 Å². The Morgan fingerprint density at radius 1 is 0.667 bits per heavy atom. The van der Waals surface area contributed by atoms with E-state index in [1.807, 2.05) is 41.5 Å². The molecule has 0 bridgehead atoms. The molecule has 5 aliphatic rings. The fraction of sp³-hybridized carbons (Fsp3) is 0.433. The molecule has 75 heavy (non-hydrogen) atoms. The normalized spacial score (nSPS) is 32.7. The largest absolute Gasteiger partial charge is 0.459 e. The van der Waals surface area contributed by atoms with Crippen LogP contribution in [-0.4, -0.2) is 102 Å². The highest BCUT2D eigenvalue weighted by Crippen LogP contribution is 2.70. The summed E-state index contributed by atoms with van der Waals surface area (Å²) in [5.74, 6) is -7.31. The predicted molar refractivity (Wildman–Crippen MR) is 269 cm³/mol. The number of carbonyl (C=O) groups is 6. The van der Waals surface area contributed by atoms with Crippen molar-refractivity contribution in [2.24, 2.45) is 34.5 Å². The van der Waals surface area contributed by atoms with Gasteiger partial charge in [0.25, 0.3) is 0 Å². The molecule has 394 valence electrons. The van der Waals surface area contributed by atoms with Crippen molar-refractivity contribution in [2.75, 3.05) is 13.2 Å².